The standard InChI is InChI=1S/C18H15N3O4/c1-10-4-12(6-19)20-7-13(10)11-2-3-14-16(5-11)24-9-15-17(8-22)25-18(23)21(14)15/h2-5,7,15,17,22H,8-9H2,1H3/t15-,17-/m0/s1. The number of ether oxygens (including phenoxy) is 2. The number of aliphatic hydroxyl groups excluding tert-OH is 1. The molecule has 1 aromatic carbocycles. The topological polar surface area (TPSA) is 95.7 Å². The van der Waals surface area contributed by atoms with Crippen molar-refractivity contribution in [1.29, 1.82) is 5.26 Å². The van der Waals surface area contributed by atoms with Gasteiger partial charge >= 0.3 is 6.09 Å². The maximum absolute atomic E-state index is 12.1. The summed E-state index contributed by atoms with van der Waals surface area (Å²) in [6.07, 6.45) is 0.607. The summed E-state index contributed by atoms with van der Waals surface area (Å²) in [5.41, 5.74) is 3.71. The number of nitrogens with zero attached hydrogens (tertiary/aromatic N) is 3. The molecule has 0 unspecified atom stereocenters. The van der Waals surface area contributed by atoms with Gasteiger partial charge in [-0.05, 0) is 36.2 Å². The highest BCUT2D eigenvalue weighted by molar-refractivity contribution is 5.94. The summed E-state index contributed by atoms with van der Waals surface area (Å²) < 4.78 is 11.0. The predicted octanol–water partition coefficient (Wildman–Crippen LogP) is 2.01. The van der Waals surface area contributed by atoms with E-state index >= 15 is 0 Å². The number of carbonyl (C=O) groups excluding carboxylic acids is 1. The molecule has 0 spiro atoms. The highest BCUT2D eigenvalue weighted by atomic mass is 16.6. The van der Waals surface area contributed by atoms with E-state index in [0.29, 0.717) is 17.1 Å². The predicted molar refractivity (Wildman–Crippen MR) is 88.2 cm³/mol. The van der Waals surface area contributed by atoms with Crippen molar-refractivity contribution in [1.82, 2.24) is 4.98 Å². The van der Waals surface area contributed by atoms with E-state index in [4.69, 9.17) is 14.7 Å². The number of hydrogen-bond donors (Lipinski definition) is 1. The molecule has 4 rings (SSSR count). The van der Waals surface area contributed by atoms with Gasteiger partial charge in [-0.2, -0.15) is 5.26 Å². The second-order valence-corrected chi connectivity index (χ2v) is 6.03. The van der Waals surface area contributed by atoms with Crippen LogP contribution >= 0.6 is 0 Å². The molecule has 3 heterocycles. The third-order valence-corrected chi connectivity index (χ3v) is 4.55. The Morgan fingerprint density at radius 2 is 2.28 bits per heavy atom. The summed E-state index contributed by atoms with van der Waals surface area (Å²) in [6, 6.07) is 8.95. The maximum Gasteiger partial charge on any atom is 0.415 e. The Balaban J connectivity index is 1.73. The van der Waals surface area contributed by atoms with Crippen LogP contribution in [-0.2, 0) is 4.74 Å². The lowest BCUT2D eigenvalue weighted by Gasteiger charge is -2.31. The van der Waals surface area contributed by atoms with Gasteiger partial charge in [-0.3, -0.25) is 4.90 Å². The van der Waals surface area contributed by atoms with Crippen molar-refractivity contribution >= 4 is 11.8 Å². The molecule has 1 aromatic heterocycles. The molecule has 0 aliphatic carbocycles. The van der Waals surface area contributed by atoms with E-state index in [2.05, 4.69) is 4.98 Å². The fourth-order valence-corrected chi connectivity index (χ4v) is 3.28. The Kier molecular flexibility index (Phi) is 3.55. The van der Waals surface area contributed by atoms with E-state index in [9.17, 15) is 9.90 Å². The van der Waals surface area contributed by atoms with E-state index in [0.717, 1.165) is 16.7 Å². The molecule has 0 radical (unpaired) electrons. The summed E-state index contributed by atoms with van der Waals surface area (Å²) in [5.74, 6) is 0.577. The number of aromatic nitrogens is 1. The Labute approximate surface area is 144 Å². The molecule has 0 bridgehead atoms. The summed E-state index contributed by atoms with van der Waals surface area (Å²) in [4.78, 5) is 17.8. The third kappa shape index (κ3) is 2.39. The molecule has 1 amide bonds. The van der Waals surface area contributed by atoms with Gasteiger partial charge < -0.3 is 14.6 Å². The SMILES string of the molecule is Cc1cc(C#N)ncc1-c1ccc2c(c1)OC[C@H]1[C@H](CO)OC(=O)N21. The number of aryl methyl sites for hydroxylation is 1. The zero-order valence-electron chi connectivity index (χ0n) is 13.5. The maximum atomic E-state index is 12.1. The number of benzene rings is 1. The van der Waals surface area contributed by atoms with Crippen LogP contribution in [0, 0.1) is 18.3 Å². The summed E-state index contributed by atoms with van der Waals surface area (Å²) >= 11 is 0. The van der Waals surface area contributed by atoms with Crippen molar-refractivity contribution < 1.29 is 19.4 Å². The average molecular weight is 337 g/mol. The molecule has 1 fully saturated rings. The number of carbonyl (C=O) groups is 1. The third-order valence-electron chi connectivity index (χ3n) is 4.55. The smallest absolute Gasteiger partial charge is 0.415 e. The lowest BCUT2D eigenvalue weighted by Crippen LogP contribution is -2.45. The van der Waals surface area contributed by atoms with Gasteiger partial charge in [-0.25, -0.2) is 9.78 Å². The zero-order valence-corrected chi connectivity index (χ0v) is 13.5. The molecule has 25 heavy (non-hydrogen) atoms. The molecule has 2 aromatic rings. The molecule has 2 aliphatic heterocycles. The van der Waals surface area contributed by atoms with Crippen molar-refractivity contribution in [3.05, 3.63) is 41.7 Å². The fourth-order valence-electron chi connectivity index (χ4n) is 3.28. The van der Waals surface area contributed by atoms with Crippen LogP contribution in [0.15, 0.2) is 30.5 Å². The second-order valence-electron chi connectivity index (χ2n) is 6.03. The minimum Gasteiger partial charge on any atom is -0.489 e. The fraction of sp³-hybridized carbons (Fsp3) is 0.278. The minimum atomic E-state index is -0.578. The Morgan fingerprint density at radius 3 is 3.00 bits per heavy atom. The molecule has 1 saturated heterocycles. The van der Waals surface area contributed by atoms with Crippen LogP contribution in [0.4, 0.5) is 10.5 Å². The molecule has 0 saturated carbocycles. The molecular formula is C18H15N3O4. The summed E-state index contributed by atoms with van der Waals surface area (Å²) in [5, 5.41) is 18.3. The van der Waals surface area contributed by atoms with E-state index in [-0.39, 0.29) is 19.3 Å². The van der Waals surface area contributed by atoms with Gasteiger partial charge in [0.2, 0.25) is 0 Å². The summed E-state index contributed by atoms with van der Waals surface area (Å²) in [7, 11) is 0. The van der Waals surface area contributed by atoms with Gasteiger partial charge in [0.1, 0.15) is 30.2 Å². The molecule has 126 valence electrons. The number of aliphatic hydroxyl groups is 1. The number of rotatable bonds is 2. The molecule has 7 heteroatoms. The molecule has 7 nitrogen and oxygen atoms in total. The quantitative estimate of drug-likeness (QED) is 0.900. The first kappa shape index (κ1) is 15.4. The Morgan fingerprint density at radius 1 is 1.44 bits per heavy atom. The van der Waals surface area contributed by atoms with Gasteiger partial charge in [0.05, 0.1) is 12.3 Å². The number of cyclic esters (lactones) is 1. The second kappa shape index (κ2) is 5.76. The average Bonchev–Trinajstić information content (AvgIpc) is 2.97. The van der Waals surface area contributed by atoms with Crippen LogP contribution < -0.4 is 9.64 Å². The summed E-state index contributed by atoms with van der Waals surface area (Å²) in [6.45, 7) is 1.94. The molecule has 2 aliphatic rings. The van der Waals surface area contributed by atoms with Gasteiger partial charge in [0, 0.05) is 11.8 Å². The van der Waals surface area contributed by atoms with Crippen molar-refractivity contribution in [2.45, 2.75) is 19.1 Å². The highest BCUT2D eigenvalue weighted by Crippen LogP contribution is 2.41. The first-order chi connectivity index (χ1) is 12.1. The van der Waals surface area contributed by atoms with Crippen LogP contribution in [0.5, 0.6) is 5.75 Å². The van der Waals surface area contributed by atoms with Gasteiger partial charge in [-0.1, -0.05) is 6.07 Å². The van der Waals surface area contributed by atoms with Crippen LogP contribution in [0.25, 0.3) is 11.1 Å². The lowest BCUT2D eigenvalue weighted by molar-refractivity contribution is 0.0734. The molecular weight excluding hydrogens is 322 g/mol. The van der Waals surface area contributed by atoms with E-state index in [1.54, 1.807) is 18.3 Å². The van der Waals surface area contributed by atoms with Gasteiger partial charge in [0.15, 0.2) is 6.10 Å². The van der Waals surface area contributed by atoms with Gasteiger partial charge in [0.25, 0.3) is 0 Å². The zero-order chi connectivity index (χ0) is 17.6. The number of anilines is 1. The number of pyridine rings is 1. The van der Waals surface area contributed by atoms with Crippen LogP contribution in [0.3, 0.4) is 0 Å². The highest BCUT2D eigenvalue weighted by Gasteiger charge is 2.46. The van der Waals surface area contributed by atoms with Crippen molar-refractivity contribution in [2.75, 3.05) is 18.1 Å². The monoisotopic (exact) mass is 337 g/mol. The normalized spacial score (nSPS) is 21.0. The first-order valence-corrected chi connectivity index (χ1v) is 7.87. The number of hydrogen-bond acceptors (Lipinski definition) is 6. The van der Waals surface area contributed by atoms with Crippen LogP contribution in [0.1, 0.15) is 11.3 Å². The van der Waals surface area contributed by atoms with Crippen molar-refractivity contribution in [3.8, 4) is 22.9 Å². The Bertz CT molecular complexity index is 906. The van der Waals surface area contributed by atoms with Crippen molar-refractivity contribution in [3.63, 3.8) is 0 Å². The molecule has 1 N–H and O–H groups in total. The van der Waals surface area contributed by atoms with E-state index in [1.807, 2.05) is 25.1 Å². The number of fused-ring (bicyclic) bond motifs is 3. The number of amides is 1. The number of nitriles is 1. The largest absolute Gasteiger partial charge is 0.489 e. The first-order valence-electron chi connectivity index (χ1n) is 7.87. The van der Waals surface area contributed by atoms with Crippen molar-refractivity contribution in [2.24, 2.45) is 0 Å². The van der Waals surface area contributed by atoms with E-state index < -0.39 is 12.2 Å². The van der Waals surface area contributed by atoms with E-state index in [1.165, 1.54) is 4.90 Å². The van der Waals surface area contributed by atoms with Crippen LogP contribution in [0.2, 0.25) is 0 Å². The molecule has 2 atom stereocenters. The van der Waals surface area contributed by atoms with Gasteiger partial charge in [-0.15, -0.1) is 0 Å². The Hall–Kier alpha value is -3.11. The lowest BCUT2D eigenvalue weighted by atomic mass is 10.0. The van der Waals surface area contributed by atoms with Crippen LogP contribution in [-0.4, -0.2) is 41.5 Å². The minimum absolute atomic E-state index is 0.236.